The largest absolute Gasteiger partial charge is 0.398 e. The van der Waals surface area contributed by atoms with Crippen LogP contribution in [0.15, 0.2) is 42.6 Å². The highest BCUT2D eigenvalue weighted by atomic mass is 15.1. The normalized spacial score (nSPS) is 9.89. The molecule has 1 aromatic carbocycles. The smallest absolute Gasteiger partial charge is 0.101 e. The van der Waals surface area contributed by atoms with E-state index in [0.29, 0.717) is 11.3 Å². The molecule has 0 radical (unpaired) electrons. The van der Waals surface area contributed by atoms with Crippen LogP contribution in [0.1, 0.15) is 11.3 Å². The van der Waals surface area contributed by atoms with Crippen LogP contribution in [0.3, 0.4) is 0 Å². The molecule has 0 spiro atoms. The number of nitriles is 1. The molecule has 96 valence electrons. The Labute approximate surface area is 113 Å². The maximum atomic E-state index is 8.85. The Bertz CT molecular complexity index is 587. The minimum Gasteiger partial charge on any atom is -0.398 e. The molecule has 0 unspecified atom stereocenters. The summed E-state index contributed by atoms with van der Waals surface area (Å²) in [5, 5.41) is 8.85. The van der Waals surface area contributed by atoms with Crippen molar-refractivity contribution in [1.29, 1.82) is 5.26 Å². The van der Waals surface area contributed by atoms with E-state index >= 15 is 0 Å². The Kier molecular flexibility index (Phi) is 3.99. The highest BCUT2D eigenvalue weighted by Gasteiger charge is 2.05. The van der Waals surface area contributed by atoms with Crippen LogP contribution >= 0.6 is 0 Å². The van der Waals surface area contributed by atoms with Crippen molar-refractivity contribution in [2.45, 2.75) is 6.42 Å². The van der Waals surface area contributed by atoms with E-state index in [2.05, 4.69) is 16.0 Å². The van der Waals surface area contributed by atoms with E-state index in [1.807, 2.05) is 37.4 Å². The Balaban J connectivity index is 2.02. The second-order valence-corrected chi connectivity index (χ2v) is 4.38. The molecule has 0 amide bonds. The summed E-state index contributed by atoms with van der Waals surface area (Å²) in [5.41, 5.74) is 8.92. The van der Waals surface area contributed by atoms with E-state index in [9.17, 15) is 0 Å². The number of nitrogens with two attached hydrogens (primary N) is 1. The first-order valence-corrected chi connectivity index (χ1v) is 6.11. The van der Waals surface area contributed by atoms with Crippen molar-refractivity contribution in [1.82, 2.24) is 4.98 Å². The van der Waals surface area contributed by atoms with Gasteiger partial charge in [-0.1, -0.05) is 6.07 Å². The molecule has 4 nitrogen and oxygen atoms in total. The molecule has 1 heterocycles. The third kappa shape index (κ3) is 3.23. The van der Waals surface area contributed by atoms with Gasteiger partial charge in [-0.25, -0.2) is 0 Å². The quantitative estimate of drug-likeness (QED) is 0.847. The van der Waals surface area contributed by atoms with Crippen molar-refractivity contribution in [2.75, 3.05) is 24.2 Å². The number of hydrogen-bond acceptors (Lipinski definition) is 4. The molecule has 0 saturated carbocycles. The van der Waals surface area contributed by atoms with Gasteiger partial charge < -0.3 is 10.6 Å². The lowest BCUT2D eigenvalue weighted by Gasteiger charge is -2.19. The van der Waals surface area contributed by atoms with Crippen LogP contribution in [0.2, 0.25) is 0 Å². The zero-order valence-corrected chi connectivity index (χ0v) is 10.9. The second-order valence-electron chi connectivity index (χ2n) is 4.38. The fraction of sp³-hybridized carbons (Fsp3) is 0.200. The van der Waals surface area contributed by atoms with Gasteiger partial charge >= 0.3 is 0 Å². The Morgan fingerprint density at radius 2 is 2.16 bits per heavy atom. The van der Waals surface area contributed by atoms with Crippen LogP contribution < -0.4 is 10.6 Å². The standard InChI is InChI=1S/C15H16N4/c1-19(9-7-13-4-2-3-8-18-13)14-6-5-12(11-16)15(17)10-14/h2-6,8,10H,7,9,17H2,1H3. The predicted molar refractivity (Wildman–Crippen MR) is 76.8 cm³/mol. The van der Waals surface area contributed by atoms with Crippen LogP contribution in [-0.4, -0.2) is 18.6 Å². The summed E-state index contributed by atoms with van der Waals surface area (Å²) in [5.74, 6) is 0. The zero-order chi connectivity index (χ0) is 13.7. The Hall–Kier alpha value is -2.54. The molecule has 2 aromatic rings. The molecule has 0 bridgehead atoms. The summed E-state index contributed by atoms with van der Waals surface area (Å²) in [6, 6.07) is 13.5. The van der Waals surface area contributed by atoms with Gasteiger partial charge in [-0.15, -0.1) is 0 Å². The Morgan fingerprint density at radius 3 is 2.79 bits per heavy atom. The van der Waals surface area contributed by atoms with Crippen LogP contribution in [-0.2, 0) is 6.42 Å². The molecule has 2 N–H and O–H groups in total. The van der Waals surface area contributed by atoms with Crippen LogP contribution in [0, 0.1) is 11.3 Å². The number of nitrogens with zero attached hydrogens (tertiary/aromatic N) is 3. The zero-order valence-electron chi connectivity index (χ0n) is 10.9. The van der Waals surface area contributed by atoms with Crippen molar-refractivity contribution in [3.63, 3.8) is 0 Å². The van der Waals surface area contributed by atoms with E-state index in [-0.39, 0.29) is 0 Å². The highest BCUT2D eigenvalue weighted by Crippen LogP contribution is 2.20. The molecule has 2 rings (SSSR count). The number of rotatable bonds is 4. The van der Waals surface area contributed by atoms with Gasteiger partial charge in [-0.2, -0.15) is 5.26 Å². The maximum Gasteiger partial charge on any atom is 0.101 e. The Morgan fingerprint density at radius 1 is 1.32 bits per heavy atom. The molecule has 0 aliphatic carbocycles. The van der Waals surface area contributed by atoms with E-state index in [1.165, 1.54) is 0 Å². The molecule has 19 heavy (non-hydrogen) atoms. The van der Waals surface area contributed by atoms with Gasteiger partial charge in [-0.05, 0) is 30.3 Å². The summed E-state index contributed by atoms with van der Waals surface area (Å²) in [7, 11) is 2.00. The summed E-state index contributed by atoms with van der Waals surface area (Å²) in [4.78, 5) is 6.40. The highest BCUT2D eigenvalue weighted by molar-refractivity contribution is 5.63. The summed E-state index contributed by atoms with van der Waals surface area (Å²) in [6.45, 7) is 0.850. The van der Waals surface area contributed by atoms with Gasteiger partial charge in [0.1, 0.15) is 6.07 Å². The van der Waals surface area contributed by atoms with Gasteiger partial charge in [0.2, 0.25) is 0 Å². The van der Waals surface area contributed by atoms with Crippen LogP contribution in [0.5, 0.6) is 0 Å². The minimum absolute atomic E-state index is 0.516. The fourth-order valence-corrected chi connectivity index (χ4v) is 1.85. The van der Waals surface area contributed by atoms with E-state index in [0.717, 1.165) is 24.3 Å². The molecule has 0 aliphatic rings. The van der Waals surface area contributed by atoms with Crippen molar-refractivity contribution in [3.05, 3.63) is 53.9 Å². The van der Waals surface area contributed by atoms with Crippen molar-refractivity contribution >= 4 is 11.4 Å². The average Bonchev–Trinajstić information content (AvgIpc) is 2.45. The third-order valence-corrected chi connectivity index (χ3v) is 3.03. The molecule has 0 fully saturated rings. The average molecular weight is 252 g/mol. The van der Waals surface area contributed by atoms with Crippen LogP contribution in [0.4, 0.5) is 11.4 Å². The lowest BCUT2D eigenvalue weighted by atomic mass is 10.1. The number of pyridine rings is 1. The first-order valence-electron chi connectivity index (χ1n) is 6.11. The number of nitrogen functional groups attached to an aromatic ring is 1. The molecular formula is C15H16N4. The van der Waals surface area contributed by atoms with Crippen molar-refractivity contribution in [2.24, 2.45) is 0 Å². The molecule has 4 heteroatoms. The molecule has 0 atom stereocenters. The lowest BCUT2D eigenvalue weighted by Crippen LogP contribution is -2.20. The van der Waals surface area contributed by atoms with Gasteiger partial charge in [-0.3, -0.25) is 4.98 Å². The van der Waals surface area contributed by atoms with Gasteiger partial charge in [0.05, 0.1) is 11.3 Å². The monoisotopic (exact) mass is 252 g/mol. The fourth-order valence-electron chi connectivity index (χ4n) is 1.85. The van der Waals surface area contributed by atoms with Gasteiger partial charge in [0.25, 0.3) is 0 Å². The molecule has 0 aliphatic heterocycles. The van der Waals surface area contributed by atoms with Crippen molar-refractivity contribution < 1.29 is 0 Å². The van der Waals surface area contributed by atoms with Gasteiger partial charge in [0.15, 0.2) is 0 Å². The summed E-state index contributed by atoms with van der Waals surface area (Å²) < 4.78 is 0. The number of anilines is 2. The lowest BCUT2D eigenvalue weighted by molar-refractivity contribution is 0.853. The number of benzene rings is 1. The maximum absolute atomic E-state index is 8.85. The molecule has 1 aromatic heterocycles. The van der Waals surface area contributed by atoms with Crippen LogP contribution in [0.25, 0.3) is 0 Å². The topological polar surface area (TPSA) is 65.9 Å². The van der Waals surface area contributed by atoms with Gasteiger partial charge in [0, 0.05) is 37.6 Å². The summed E-state index contributed by atoms with van der Waals surface area (Å²) >= 11 is 0. The second kappa shape index (κ2) is 5.87. The minimum atomic E-state index is 0.516. The first kappa shape index (κ1) is 12.9. The number of aromatic nitrogens is 1. The SMILES string of the molecule is CN(CCc1ccccn1)c1ccc(C#N)c(N)c1. The van der Waals surface area contributed by atoms with E-state index in [4.69, 9.17) is 11.0 Å². The van der Waals surface area contributed by atoms with Crippen molar-refractivity contribution in [3.8, 4) is 6.07 Å². The first-order chi connectivity index (χ1) is 9.20. The predicted octanol–water partition coefficient (Wildman–Crippen LogP) is 2.21. The van der Waals surface area contributed by atoms with E-state index < -0.39 is 0 Å². The third-order valence-electron chi connectivity index (χ3n) is 3.03. The molecular weight excluding hydrogens is 236 g/mol. The number of hydrogen-bond donors (Lipinski definition) is 1. The molecule has 0 saturated heterocycles. The summed E-state index contributed by atoms with van der Waals surface area (Å²) in [6.07, 6.45) is 2.67. The van der Waals surface area contributed by atoms with E-state index in [1.54, 1.807) is 12.3 Å². The number of likely N-dealkylation sites (N-methyl/N-ethyl adjacent to an activating group) is 1.